The van der Waals surface area contributed by atoms with Gasteiger partial charge in [-0.25, -0.2) is 31.2 Å². The average Bonchev–Trinajstić information content (AvgIpc) is 2.67. The standard InChI is InChI=1S/C18H24F4O6S2/c1-9(2)11-5-4-10(3)12(8-11)26-6-7-30(24,25)18-15(21)13(19)17(29-28-27-23)14(20)16(18)22/h9-12,23H,4-8H2,1-3H3/t10-,11-,12?/m0/s1. The molecule has 6 nitrogen and oxygen atoms in total. The van der Waals surface area contributed by atoms with Gasteiger partial charge in [0.1, 0.15) is 9.79 Å². The highest BCUT2D eigenvalue weighted by atomic mass is 32.2. The fourth-order valence-corrected chi connectivity index (χ4v) is 5.22. The Bertz CT molecular complexity index is 821. The van der Waals surface area contributed by atoms with Crippen LogP contribution in [-0.2, 0) is 23.9 Å². The van der Waals surface area contributed by atoms with Crippen LogP contribution in [0.1, 0.15) is 40.0 Å². The molecule has 1 aliphatic rings. The molecule has 1 saturated carbocycles. The SMILES string of the molecule is CC(C)[C@H]1CC[C@H](C)C(OCCS(=O)(=O)c2c(F)c(F)c(SOOO)c(F)c2F)C1. The first kappa shape index (κ1) is 25.3. The molecule has 2 rings (SSSR count). The second-order valence-corrected chi connectivity index (χ2v) is 10.4. The molecule has 0 aromatic heterocycles. The minimum absolute atomic E-state index is 0.191. The first-order chi connectivity index (χ1) is 14.0. The number of hydrogen-bond donors (Lipinski definition) is 1. The van der Waals surface area contributed by atoms with Gasteiger partial charge in [0.25, 0.3) is 0 Å². The fourth-order valence-electron chi connectivity index (χ4n) is 3.55. The molecule has 1 fully saturated rings. The molecule has 30 heavy (non-hydrogen) atoms. The highest BCUT2D eigenvalue weighted by Crippen LogP contribution is 2.36. The summed E-state index contributed by atoms with van der Waals surface area (Å²) in [7, 11) is -4.74. The Balaban J connectivity index is 2.16. The van der Waals surface area contributed by atoms with Crippen LogP contribution in [0, 0.1) is 41.0 Å². The third kappa shape index (κ3) is 5.65. The molecule has 0 spiro atoms. The number of sulfone groups is 1. The van der Waals surface area contributed by atoms with E-state index in [0.717, 1.165) is 19.3 Å². The minimum atomic E-state index is -4.74. The Morgan fingerprint density at radius 3 is 2.23 bits per heavy atom. The molecule has 0 aliphatic heterocycles. The third-order valence-electron chi connectivity index (χ3n) is 5.43. The molecule has 1 aromatic carbocycles. The van der Waals surface area contributed by atoms with Crippen molar-refractivity contribution in [1.29, 1.82) is 0 Å². The predicted octanol–water partition coefficient (Wildman–Crippen LogP) is 4.92. The van der Waals surface area contributed by atoms with Crippen molar-refractivity contribution in [2.45, 2.75) is 55.9 Å². The summed E-state index contributed by atoms with van der Waals surface area (Å²) in [5.41, 5.74) is 0. The quantitative estimate of drug-likeness (QED) is 0.178. The van der Waals surface area contributed by atoms with Gasteiger partial charge in [-0.2, -0.15) is 0 Å². The molecule has 3 atom stereocenters. The van der Waals surface area contributed by atoms with Crippen LogP contribution in [0.2, 0.25) is 0 Å². The van der Waals surface area contributed by atoms with E-state index in [9.17, 15) is 26.0 Å². The summed E-state index contributed by atoms with van der Waals surface area (Å²) in [4.78, 5) is -3.06. The molecule has 1 unspecified atom stereocenters. The topological polar surface area (TPSA) is 82.1 Å². The number of rotatable bonds is 9. The Labute approximate surface area is 176 Å². The maximum Gasteiger partial charge on any atom is 0.186 e. The first-order valence-electron chi connectivity index (χ1n) is 9.36. The van der Waals surface area contributed by atoms with Crippen LogP contribution >= 0.6 is 12.0 Å². The van der Waals surface area contributed by atoms with Gasteiger partial charge in [-0.05, 0) is 37.0 Å². The van der Waals surface area contributed by atoms with Crippen molar-refractivity contribution in [2.24, 2.45) is 17.8 Å². The largest absolute Gasteiger partial charge is 0.377 e. The van der Waals surface area contributed by atoms with Crippen LogP contribution < -0.4 is 0 Å². The van der Waals surface area contributed by atoms with E-state index in [1.807, 2.05) is 6.92 Å². The number of hydrogen-bond acceptors (Lipinski definition) is 7. The number of halogens is 4. The zero-order chi connectivity index (χ0) is 22.6. The molecule has 1 N–H and O–H groups in total. The Morgan fingerprint density at radius 2 is 1.70 bits per heavy atom. The Morgan fingerprint density at radius 1 is 1.10 bits per heavy atom. The highest BCUT2D eigenvalue weighted by molar-refractivity contribution is 7.94. The zero-order valence-electron chi connectivity index (χ0n) is 16.7. The summed E-state index contributed by atoms with van der Waals surface area (Å²) in [5, 5.41) is 11.1. The maximum absolute atomic E-state index is 14.2. The van der Waals surface area contributed by atoms with E-state index in [1.54, 1.807) is 0 Å². The molecule has 0 amide bonds. The summed E-state index contributed by atoms with van der Waals surface area (Å²) in [6.45, 7) is 5.80. The van der Waals surface area contributed by atoms with E-state index in [2.05, 4.69) is 23.2 Å². The van der Waals surface area contributed by atoms with Crippen molar-refractivity contribution < 1.29 is 45.3 Å². The van der Waals surface area contributed by atoms with Crippen LogP contribution in [-0.4, -0.2) is 32.1 Å². The van der Waals surface area contributed by atoms with Crippen molar-refractivity contribution in [2.75, 3.05) is 12.4 Å². The molecular formula is C18H24F4O6S2. The molecular weight excluding hydrogens is 452 g/mol. The second-order valence-electron chi connectivity index (χ2n) is 7.66. The second kappa shape index (κ2) is 10.6. The molecule has 0 bridgehead atoms. The van der Waals surface area contributed by atoms with Crippen molar-refractivity contribution in [3.8, 4) is 0 Å². The number of ether oxygens (including phenoxy) is 1. The lowest BCUT2D eigenvalue weighted by Gasteiger charge is -2.36. The predicted molar refractivity (Wildman–Crippen MR) is 100 cm³/mol. The van der Waals surface area contributed by atoms with Crippen molar-refractivity contribution in [3.63, 3.8) is 0 Å². The lowest BCUT2D eigenvalue weighted by atomic mass is 9.76. The third-order valence-corrected chi connectivity index (χ3v) is 7.77. The molecule has 0 saturated heterocycles. The summed E-state index contributed by atoms with van der Waals surface area (Å²) < 4.78 is 90.8. The van der Waals surface area contributed by atoms with Gasteiger partial charge in [-0.1, -0.05) is 25.8 Å². The Hall–Kier alpha value is -0.920. The van der Waals surface area contributed by atoms with Crippen molar-refractivity contribution >= 4 is 21.9 Å². The zero-order valence-corrected chi connectivity index (χ0v) is 18.3. The highest BCUT2D eigenvalue weighted by Gasteiger charge is 2.35. The molecule has 0 radical (unpaired) electrons. The van der Waals surface area contributed by atoms with Gasteiger partial charge in [0.2, 0.25) is 0 Å². The lowest BCUT2D eigenvalue weighted by molar-refractivity contribution is -0.432. The van der Waals surface area contributed by atoms with Gasteiger partial charge in [0, 0.05) is 0 Å². The minimum Gasteiger partial charge on any atom is -0.377 e. The average molecular weight is 477 g/mol. The van der Waals surface area contributed by atoms with Gasteiger partial charge in [-0.3, -0.25) is 0 Å². The van der Waals surface area contributed by atoms with Gasteiger partial charge in [0.15, 0.2) is 33.1 Å². The van der Waals surface area contributed by atoms with Gasteiger partial charge < -0.3 is 4.74 Å². The van der Waals surface area contributed by atoms with E-state index < -0.39 is 48.6 Å². The van der Waals surface area contributed by atoms with E-state index >= 15 is 0 Å². The van der Waals surface area contributed by atoms with Crippen LogP contribution in [0.3, 0.4) is 0 Å². The molecule has 0 heterocycles. The number of benzene rings is 1. The van der Waals surface area contributed by atoms with Crippen molar-refractivity contribution in [3.05, 3.63) is 23.3 Å². The lowest BCUT2D eigenvalue weighted by Crippen LogP contribution is -2.33. The van der Waals surface area contributed by atoms with E-state index in [0.29, 0.717) is 11.8 Å². The smallest absolute Gasteiger partial charge is 0.186 e. The van der Waals surface area contributed by atoms with E-state index in [4.69, 9.17) is 9.99 Å². The maximum atomic E-state index is 14.2. The van der Waals surface area contributed by atoms with E-state index in [1.165, 1.54) is 0 Å². The van der Waals surface area contributed by atoms with Crippen LogP contribution in [0.15, 0.2) is 9.79 Å². The van der Waals surface area contributed by atoms with Crippen LogP contribution in [0.4, 0.5) is 17.6 Å². The van der Waals surface area contributed by atoms with Crippen LogP contribution in [0.25, 0.3) is 0 Å². The van der Waals surface area contributed by atoms with Gasteiger partial charge >= 0.3 is 0 Å². The van der Waals surface area contributed by atoms with Gasteiger partial charge in [0.05, 0.1) is 30.5 Å². The molecule has 12 heteroatoms. The summed E-state index contributed by atoms with van der Waals surface area (Å²) >= 11 is -0.361. The van der Waals surface area contributed by atoms with Crippen LogP contribution in [0.5, 0.6) is 0 Å². The van der Waals surface area contributed by atoms with Crippen molar-refractivity contribution in [1.82, 2.24) is 0 Å². The summed E-state index contributed by atoms with van der Waals surface area (Å²) in [6.07, 6.45) is 2.49. The monoisotopic (exact) mass is 476 g/mol. The summed E-state index contributed by atoms with van der Waals surface area (Å²) in [6, 6.07) is 0. The summed E-state index contributed by atoms with van der Waals surface area (Å²) in [5.74, 6) is -7.96. The first-order valence-corrected chi connectivity index (χ1v) is 11.8. The normalized spacial score (nSPS) is 22.6. The molecule has 172 valence electrons. The fraction of sp³-hybridized carbons (Fsp3) is 0.667. The molecule has 1 aromatic rings. The van der Waals surface area contributed by atoms with E-state index in [-0.39, 0.29) is 30.7 Å². The van der Waals surface area contributed by atoms with Gasteiger partial charge in [-0.15, -0.1) is 4.33 Å². The molecule has 1 aliphatic carbocycles. The Kier molecular flexibility index (Phi) is 8.95.